The summed E-state index contributed by atoms with van der Waals surface area (Å²) < 4.78 is 5.35. The van der Waals surface area contributed by atoms with Gasteiger partial charge in [0.2, 0.25) is 0 Å². The molecule has 1 heterocycles. The monoisotopic (exact) mass is 280 g/mol. The normalized spacial score (nSPS) is 10.3. The van der Waals surface area contributed by atoms with Crippen LogP contribution in [0.3, 0.4) is 0 Å². The highest BCUT2D eigenvalue weighted by molar-refractivity contribution is 8.01. The summed E-state index contributed by atoms with van der Waals surface area (Å²) in [6.07, 6.45) is 0. The summed E-state index contributed by atoms with van der Waals surface area (Å²) in [5, 5.41) is 9.02. The van der Waals surface area contributed by atoms with Crippen LogP contribution >= 0.6 is 23.1 Å². The Balaban J connectivity index is 2.06. The Hall–Kier alpha value is -1.40. The largest absolute Gasteiger partial charge is 0.468 e. The zero-order chi connectivity index (χ0) is 13.0. The van der Waals surface area contributed by atoms with Crippen LogP contribution in [0.5, 0.6) is 0 Å². The fourth-order valence-electron chi connectivity index (χ4n) is 1.26. The zero-order valence-corrected chi connectivity index (χ0v) is 11.7. The summed E-state index contributed by atoms with van der Waals surface area (Å²) in [7, 11) is 1.38. The second-order valence-corrected chi connectivity index (χ2v) is 5.80. The van der Waals surface area contributed by atoms with E-state index >= 15 is 0 Å². The van der Waals surface area contributed by atoms with Gasteiger partial charge in [-0.25, -0.2) is 0 Å². The number of hydrogen-bond donors (Lipinski definition) is 0. The lowest BCUT2D eigenvalue weighted by atomic mass is 10.2. The Morgan fingerprint density at radius 2 is 2.06 bits per heavy atom. The van der Waals surface area contributed by atoms with Crippen LogP contribution in [0.4, 0.5) is 0 Å². The van der Waals surface area contributed by atoms with Gasteiger partial charge in [-0.15, -0.1) is 10.2 Å². The van der Waals surface area contributed by atoms with E-state index in [9.17, 15) is 4.79 Å². The third-order valence-corrected chi connectivity index (χ3v) is 4.33. The summed E-state index contributed by atoms with van der Waals surface area (Å²) in [6, 6.07) is 8.12. The zero-order valence-electron chi connectivity index (χ0n) is 10.0. The highest BCUT2D eigenvalue weighted by atomic mass is 32.2. The summed E-state index contributed by atoms with van der Waals surface area (Å²) >= 11 is 2.82. The number of hydrogen-bond acceptors (Lipinski definition) is 6. The first-order valence-electron chi connectivity index (χ1n) is 5.29. The van der Waals surface area contributed by atoms with E-state index in [1.807, 2.05) is 31.2 Å². The maximum absolute atomic E-state index is 11.0. The van der Waals surface area contributed by atoms with Crippen molar-refractivity contribution in [2.75, 3.05) is 12.9 Å². The third-order valence-electron chi connectivity index (χ3n) is 2.25. The Kier molecular flexibility index (Phi) is 4.33. The molecular formula is C12H12N2O2S2. The number of aromatic nitrogens is 2. The minimum absolute atomic E-state index is 0.257. The fourth-order valence-corrected chi connectivity index (χ4v) is 2.95. The molecule has 1 aromatic heterocycles. The number of aryl methyl sites for hydroxylation is 1. The molecule has 0 spiro atoms. The molecule has 0 saturated heterocycles. The number of rotatable bonds is 4. The Morgan fingerprint density at radius 1 is 1.33 bits per heavy atom. The number of methoxy groups -OCH3 is 1. The van der Waals surface area contributed by atoms with Gasteiger partial charge in [-0.1, -0.05) is 52.9 Å². The molecule has 4 nitrogen and oxygen atoms in total. The average molecular weight is 280 g/mol. The minimum atomic E-state index is -0.257. The van der Waals surface area contributed by atoms with Crippen LogP contribution in [-0.4, -0.2) is 29.0 Å². The van der Waals surface area contributed by atoms with Crippen molar-refractivity contribution in [2.24, 2.45) is 0 Å². The van der Waals surface area contributed by atoms with Crippen LogP contribution in [0, 0.1) is 6.92 Å². The number of esters is 1. The highest BCUT2D eigenvalue weighted by Gasteiger charge is 2.09. The van der Waals surface area contributed by atoms with Crippen molar-refractivity contribution in [3.8, 4) is 10.6 Å². The van der Waals surface area contributed by atoms with Gasteiger partial charge in [0.1, 0.15) is 5.01 Å². The van der Waals surface area contributed by atoms with Gasteiger partial charge in [0.25, 0.3) is 0 Å². The lowest BCUT2D eigenvalue weighted by molar-refractivity contribution is -0.137. The van der Waals surface area contributed by atoms with E-state index in [2.05, 4.69) is 14.9 Å². The van der Waals surface area contributed by atoms with Crippen LogP contribution < -0.4 is 0 Å². The molecule has 0 aliphatic carbocycles. The van der Waals surface area contributed by atoms with Gasteiger partial charge in [0, 0.05) is 5.56 Å². The van der Waals surface area contributed by atoms with Gasteiger partial charge in [0.05, 0.1) is 12.9 Å². The molecule has 0 bridgehead atoms. The van der Waals surface area contributed by atoms with Gasteiger partial charge < -0.3 is 4.74 Å². The minimum Gasteiger partial charge on any atom is -0.468 e. The smallest absolute Gasteiger partial charge is 0.316 e. The summed E-state index contributed by atoms with van der Waals surface area (Å²) in [6.45, 7) is 2.04. The van der Waals surface area contributed by atoms with E-state index in [1.165, 1.54) is 35.8 Å². The topological polar surface area (TPSA) is 52.1 Å². The molecule has 1 aromatic carbocycles. The molecule has 94 valence electrons. The van der Waals surface area contributed by atoms with Gasteiger partial charge in [-0.3, -0.25) is 4.79 Å². The van der Waals surface area contributed by atoms with Crippen molar-refractivity contribution in [1.82, 2.24) is 10.2 Å². The second kappa shape index (κ2) is 5.97. The van der Waals surface area contributed by atoms with E-state index < -0.39 is 0 Å². The maximum Gasteiger partial charge on any atom is 0.316 e. The van der Waals surface area contributed by atoms with Crippen molar-refractivity contribution >= 4 is 29.1 Å². The number of nitrogens with zero attached hydrogens (tertiary/aromatic N) is 2. The molecule has 0 fully saturated rings. The molecule has 0 aliphatic rings. The molecule has 0 radical (unpaired) electrons. The molecule has 6 heteroatoms. The molecular weight excluding hydrogens is 268 g/mol. The van der Waals surface area contributed by atoms with E-state index in [4.69, 9.17) is 0 Å². The Morgan fingerprint density at radius 3 is 2.72 bits per heavy atom. The molecule has 18 heavy (non-hydrogen) atoms. The van der Waals surface area contributed by atoms with Crippen molar-refractivity contribution in [1.29, 1.82) is 0 Å². The molecule has 0 atom stereocenters. The van der Waals surface area contributed by atoms with Gasteiger partial charge >= 0.3 is 5.97 Å². The number of ether oxygens (including phenoxy) is 1. The Bertz CT molecular complexity index is 537. The standard InChI is InChI=1S/C12H12N2O2S2/c1-8-3-5-9(6-4-8)11-13-14-12(18-11)17-7-10(15)16-2/h3-6H,7H2,1-2H3. The predicted molar refractivity (Wildman–Crippen MR) is 72.8 cm³/mol. The van der Waals surface area contributed by atoms with E-state index in [1.54, 1.807) is 0 Å². The van der Waals surface area contributed by atoms with Crippen LogP contribution in [0.25, 0.3) is 10.6 Å². The number of thioether (sulfide) groups is 1. The van der Waals surface area contributed by atoms with Gasteiger partial charge in [-0.05, 0) is 6.92 Å². The van der Waals surface area contributed by atoms with E-state index in [0.29, 0.717) is 0 Å². The number of carbonyl (C=O) groups is 1. The van der Waals surface area contributed by atoms with Crippen molar-refractivity contribution in [2.45, 2.75) is 11.3 Å². The lowest BCUT2D eigenvalue weighted by Crippen LogP contribution is -2.02. The van der Waals surface area contributed by atoms with Crippen LogP contribution in [0.1, 0.15) is 5.56 Å². The summed E-state index contributed by atoms with van der Waals surface area (Å²) in [5.41, 5.74) is 2.26. The van der Waals surface area contributed by atoms with Crippen LogP contribution in [-0.2, 0) is 9.53 Å². The lowest BCUT2D eigenvalue weighted by Gasteiger charge is -1.95. The second-order valence-electron chi connectivity index (χ2n) is 3.60. The first kappa shape index (κ1) is 13.0. The van der Waals surface area contributed by atoms with Gasteiger partial charge in [0.15, 0.2) is 4.34 Å². The average Bonchev–Trinajstić information content (AvgIpc) is 2.85. The van der Waals surface area contributed by atoms with Gasteiger partial charge in [-0.2, -0.15) is 0 Å². The van der Waals surface area contributed by atoms with Crippen LogP contribution in [0.2, 0.25) is 0 Å². The molecule has 0 unspecified atom stereocenters. The summed E-state index contributed by atoms with van der Waals surface area (Å²) in [5.74, 6) is 0.00560. The maximum atomic E-state index is 11.0. The first-order chi connectivity index (χ1) is 8.69. The van der Waals surface area contributed by atoms with Crippen molar-refractivity contribution < 1.29 is 9.53 Å². The number of benzene rings is 1. The molecule has 0 saturated carbocycles. The molecule has 2 aromatic rings. The molecule has 0 amide bonds. The van der Waals surface area contributed by atoms with E-state index in [-0.39, 0.29) is 11.7 Å². The predicted octanol–water partition coefficient (Wildman–Crippen LogP) is 2.78. The fraction of sp³-hybridized carbons (Fsp3) is 0.250. The Labute approximate surface area is 113 Å². The first-order valence-corrected chi connectivity index (χ1v) is 7.09. The van der Waals surface area contributed by atoms with Crippen molar-refractivity contribution in [3.63, 3.8) is 0 Å². The molecule has 0 aliphatic heterocycles. The molecule has 0 N–H and O–H groups in total. The summed E-state index contributed by atoms with van der Waals surface area (Å²) in [4.78, 5) is 11.0. The van der Waals surface area contributed by atoms with Crippen molar-refractivity contribution in [3.05, 3.63) is 29.8 Å². The number of carbonyl (C=O) groups excluding carboxylic acids is 1. The SMILES string of the molecule is COC(=O)CSc1nnc(-c2ccc(C)cc2)s1. The van der Waals surface area contributed by atoms with E-state index in [0.717, 1.165) is 14.9 Å². The highest BCUT2D eigenvalue weighted by Crippen LogP contribution is 2.29. The quantitative estimate of drug-likeness (QED) is 0.636. The molecule has 2 rings (SSSR count). The van der Waals surface area contributed by atoms with Crippen LogP contribution in [0.15, 0.2) is 28.6 Å². The third kappa shape index (κ3) is 3.30.